The lowest BCUT2D eigenvalue weighted by atomic mass is 10.0. The predicted octanol–water partition coefficient (Wildman–Crippen LogP) is 3.11. The highest BCUT2D eigenvalue weighted by Crippen LogP contribution is 2.30. The summed E-state index contributed by atoms with van der Waals surface area (Å²) >= 11 is 6.26. The number of piperidine rings is 1. The zero-order valence-electron chi connectivity index (χ0n) is 14.2. The standard InChI is InChI=1S/C18H24ClF2N3O/c19-14-5-1-2-6-15(14)24-10-3-7-16(18(24)25)23-9-4-8-22(11-12-23)13-17(20)21/h1-2,5-6,16-17H,3-4,7-13H2. The number of rotatable bonds is 4. The molecule has 4 nitrogen and oxygen atoms in total. The van der Waals surface area contributed by atoms with Crippen LogP contribution in [0.1, 0.15) is 19.3 Å². The van der Waals surface area contributed by atoms with Crippen molar-refractivity contribution < 1.29 is 13.6 Å². The number of nitrogens with zero attached hydrogens (tertiary/aromatic N) is 3. The molecule has 7 heteroatoms. The van der Waals surface area contributed by atoms with Crippen LogP contribution in [0.2, 0.25) is 5.02 Å². The minimum absolute atomic E-state index is 0.0710. The first-order valence-electron chi connectivity index (χ1n) is 8.86. The highest BCUT2D eigenvalue weighted by Gasteiger charge is 2.35. The first-order valence-corrected chi connectivity index (χ1v) is 9.24. The fourth-order valence-electron chi connectivity index (χ4n) is 3.79. The van der Waals surface area contributed by atoms with Crippen LogP contribution in [0.25, 0.3) is 0 Å². The van der Waals surface area contributed by atoms with Crippen LogP contribution < -0.4 is 4.90 Å². The van der Waals surface area contributed by atoms with Crippen molar-refractivity contribution in [3.63, 3.8) is 0 Å². The van der Waals surface area contributed by atoms with Crippen LogP contribution in [-0.2, 0) is 4.79 Å². The van der Waals surface area contributed by atoms with Gasteiger partial charge in [-0.05, 0) is 37.9 Å². The van der Waals surface area contributed by atoms with Gasteiger partial charge in [-0.2, -0.15) is 0 Å². The number of hydrogen-bond acceptors (Lipinski definition) is 3. The maximum atomic E-state index is 13.0. The second kappa shape index (κ2) is 8.43. The van der Waals surface area contributed by atoms with Crippen molar-refractivity contribution in [3.8, 4) is 0 Å². The van der Waals surface area contributed by atoms with E-state index in [0.29, 0.717) is 31.2 Å². The quantitative estimate of drug-likeness (QED) is 0.813. The van der Waals surface area contributed by atoms with Gasteiger partial charge in [0, 0.05) is 26.2 Å². The molecule has 0 N–H and O–H groups in total. The topological polar surface area (TPSA) is 26.8 Å². The Balaban J connectivity index is 1.68. The average molecular weight is 372 g/mol. The maximum Gasteiger partial charge on any atom is 0.251 e. The molecule has 1 atom stereocenters. The molecular weight excluding hydrogens is 348 g/mol. The predicted molar refractivity (Wildman–Crippen MR) is 95.5 cm³/mol. The van der Waals surface area contributed by atoms with E-state index < -0.39 is 6.43 Å². The van der Waals surface area contributed by atoms with Gasteiger partial charge in [0.25, 0.3) is 6.43 Å². The van der Waals surface area contributed by atoms with Crippen LogP contribution in [0.4, 0.5) is 14.5 Å². The molecule has 0 aromatic heterocycles. The number of alkyl halides is 2. The van der Waals surface area contributed by atoms with Crippen molar-refractivity contribution >= 4 is 23.2 Å². The van der Waals surface area contributed by atoms with Crippen LogP contribution in [0, 0.1) is 0 Å². The third-order valence-electron chi connectivity index (χ3n) is 5.01. The molecule has 1 unspecified atom stereocenters. The monoisotopic (exact) mass is 371 g/mol. The van der Waals surface area contributed by atoms with Crippen molar-refractivity contribution in [2.24, 2.45) is 0 Å². The number of benzene rings is 1. The Morgan fingerprint density at radius 3 is 2.64 bits per heavy atom. The third-order valence-corrected chi connectivity index (χ3v) is 5.33. The molecule has 3 rings (SSSR count). The molecule has 0 aliphatic carbocycles. The molecule has 0 saturated carbocycles. The van der Waals surface area contributed by atoms with Crippen molar-refractivity contribution in [1.82, 2.24) is 9.80 Å². The number of carbonyl (C=O) groups excluding carboxylic acids is 1. The summed E-state index contributed by atoms with van der Waals surface area (Å²) in [6.07, 6.45) is 0.231. The Morgan fingerprint density at radius 2 is 1.88 bits per heavy atom. The number of anilines is 1. The van der Waals surface area contributed by atoms with E-state index in [2.05, 4.69) is 4.90 Å². The van der Waals surface area contributed by atoms with Gasteiger partial charge in [0.1, 0.15) is 0 Å². The van der Waals surface area contributed by atoms with E-state index in [4.69, 9.17) is 11.6 Å². The van der Waals surface area contributed by atoms with Crippen LogP contribution in [0.3, 0.4) is 0 Å². The van der Waals surface area contributed by atoms with E-state index in [1.807, 2.05) is 18.2 Å². The highest BCUT2D eigenvalue weighted by molar-refractivity contribution is 6.33. The number of para-hydroxylation sites is 1. The Bertz CT molecular complexity index is 601. The lowest BCUT2D eigenvalue weighted by molar-refractivity contribution is -0.125. The van der Waals surface area contributed by atoms with E-state index in [1.54, 1.807) is 15.9 Å². The highest BCUT2D eigenvalue weighted by atomic mass is 35.5. The summed E-state index contributed by atoms with van der Waals surface area (Å²) in [4.78, 5) is 18.8. The van der Waals surface area contributed by atoms with Gasteiger partial charge >= 0.3 is 0 Å². The molecule has 0 spiro atoms. The van der Waals surface area contributed by atoms with Crippen LogP contribution in [0.5, 0.6) is 0 Å². The van der Waals surface area contributed by atoms with Crippen molar-refractivity contribution in [1.29, 1.82) is 0 Å². The van der Waals surface area contributed by atoms with Gasteiger partial charge in [0.2, 0.25) is 5.91 Å². The molecule has 2 fully saturated rings. The van der Waals surface area contributed by atoms with Gasteiger partial charge in [-0.25, -0.2) is 8.78 Å². The average Bonchev–Trinajstić information content (AvgIpc) is 2.81. The summed E-state index contributed by atoms with van der Waals surface area (Å²) in [6, 6.07) is 7.21. The summed E-state index contributed by atoms with van der Waals surface area (Å²) in [5.41, 5.74) is 0.757. The van der Waals surface area contributed by atoms with E-state index in [0.717, 1.165) is 31.5 Å². The summed E-state index contributed by atoms with van der Waals surface area (Å²) in [7, 11) is 0. The first kappa shape index (κ1) is 18.5. The fraction of sp³-hybridized carbons (Fsp3) is 0.611. The van der Waals surface area contributed by atoms with E-state index in [9.17, 15) is 13.6 Å². The van der Waals surface area contributed by atoms with E-state index in [1.165, 1.54) is 0 Å². The molecule has 2 aliphatic heterocycles. The second-order valence-electron chi connectivity index (χ2n) is 6.68. The third kappa shape index (κ3) is 4.49. The molecular formula is C18H24ClF2N3O. The van der Waals surface area contributed by atoms with Gasteiger partial charge in [-0.3, -0.25) is 14.6 Å². The Kier molecular flexibility index (Phi) is 6.25. The zero-order chi connectivity index (χ0) is 17.8. The molecule has 1 aromatic rings. The lowest BCUT2D eigenvalue weighted by Crippen LogP contribution is -2.53. The molecule has 0 radical (unpaired) electrons. The number of amides is 1. The molecule has 0 bridgehead atoms. The maximum absolute atomic E-state index is 13.0. The normalized spacial score (nSPS) is 23.9. The smallest absolute Gasteiger partial charge is 0.251 e. The first-order chi connectivity index (χ1) is 12.1. The van der Waals surface area contributed by atoms with Crippen LogP contribution in [0.15, 0.2) is 24.3 Å². The Labute approximate surface area is 152 Å². The Morgan fingerprint density at radius 1 is 1.08 bits per heavy atom. The molecule has 1 aromatic carbocycles. The SMILES string of the molecule is O=C1C(N2CCCN(CC(F)F)CC2)CCCN1c1ccccc1Cl. The summed E-state index contributed by atoms with van der Waals surface area (Å²) < 4.78 is 25.2. The van der Waals surface area contributed by atoms with Gasteiger partial charge in [-0.15, -0.1) is 0 Å². The number of halogens is 3. The zero-order valence-corrected chi connectivity index (χ0v) is 15.0. The minimum Gasteiger partial charge on any atom is -0.310 e. The Hall–Kier alpha value is -1.24. The van der Waals surface area contributed by atoms with Gasteiger partial charge in [-0.1, -0.05) is 23.7 Å². The largest absolute Gasteiger partial charge is 0.310 e. The van der Waals surface area contributed by atoms with E-state index >= 15 is 0 Å². The summed E-state index contributed by atoms with van der Waals surface area (Å²) in [5, 5.41) is 0.579. The van der Waals surface area contributed by atoms with Gasteiger partial charge in [0.15, 0.2) is 0 Å². The second-order valence-corrected chi connectivity index (χ2v) is 7.09. The van der Waals surface area contributed by atoms with Crippen LogP contribution >= 0.6 is 11.6 Å². The molecule has 2 saturated heterocycles. The number of carbonyl (C=O) groups is 1. The molecule has 2 heterocycles. The molecule has 2 aliphatic rings. The molecule has 25 heavy (non-hydrogen) atoms. The summed E-state index contributed by atoms with van der Waals surface area (Å²) in [5.74, 6) is 0.0710. The molecule has 1 amide bonds. The molecule has 138 valence electrons. The van der Waals surface area contributed by atoms with Crippen molar-refractivity contribution in [2.75, 3.05) is 44.2 Å². The lowest BCUT2D eigenvalue weighted by Gasteiger charge is -2.38. The number of hydrogen-bond donors (Lipinski definition) is 0. The van der Waals surface area contributed by atoms with E-state index in [-0.39, 0.29) is 18.5 Å². The fourth-order valence-corrected chi connectivity index (χ4v) is 4.02. The summed E-state index contributed by atoms with van der Waals surface area (Å²) in [6.45, 7) is 3.16. The van der Waals surface area contributed by atoms with Gasteiger partial charge < -0.3 is 4.90 Å². The van der Waals surface area contributed by atoms with Crippen molar-refractivity contribution in [3.05, 3.63) is 29.3 Å². The minimum atomic E-state index is -2.31. The van der Waals surface area contributed by atoms with Gasteiger partial charge in [0.05, 0.1) is 23.3 Å². The van der Waals surface area contributed by atoms with Crippen LogP contribution in [-0.4, -0.2) is 67.4 Å². The van der Waals surface area contributed by atoms with Crippen molar-refractivity contribution in [2.45, 2.75) is 31.7 Å².